The number of hydrogen-bond acceptors (Lipinski definition) is 4. The van der Waals surface area contributed by atoms with Gasteiger partial charge in [0, 0.05) is 6.54 Å². The number of anilines is 2. The van der Waals surface area contributed by atoms with Gasteiger partial charge in [-0.1, -0.05) is 35.3 Å². The number of sulfonamides is 2. The molecule has 0 saturated carbocycles. The van der Waals surface area contributed by atoms with E-state index in [1.54, 1.807) is 12.1 Å². The number of hydrogen-bond donors (Lipinski definition) is 1. The van der Waals surface area contributed by atoms with Gasteiger partial charge in [-0.3, -0.25) is 9.03 Å². The minimum Gasteiger partial charge on any atom is -0.280 e. The van der Waals surface area contributed by atoms with Gasteiger partial charge >= 0.3 is 0 Å². The van der Waals surface area contributed by atoms with Crippen LogP contribution in [0.5, 0.6) is 0 Å². The van der Waals surface area contributed by atoms with E-state index < -0.39 is 20.0 Å². The van der Waals surface area contributed by atoms with Crippen molar-refractivity contribution < 1.29 is 16.8 Å². The van der Waals surface area contributed by atoms with Crippen molar-refractivity contribution in [3.05, 3.63) is 52.5 Å². The fourth-order valence-electron chi connectivity index (χ4n) is 2.55. The molecule has 2 aromatic carbocycles. The second kappa shape index (κ2) is 6.68. The van der Waals surface area contributed by atoms with Crippen molar-refractivity contribution in [2.75, 3.05) is 21.3 Å². The summed E-state index contributed by atoms with van der Waals surface area (Å²) in [6.07, 6.45) is 0.494. The summed E-state index contributed by atoms with van der Waals surface area (Å²) < 4.78 is 52.8. The summed E-state index contributed by atoms with van der Waals surface area (Å²) in [7, 11) is -7.35. The van der Waals surface area contributed by atoms with E-state index in [0.29, 0.717) is 13.0 Å². The van der Waals surface area contributed by atoms with E-state index in [-0.39, 0.29) is 32.1 Å². The zero-order valence-corrected chi connectivity index (χ0v) is 16.0. The van der Waals surface area contributed by atoms with E-state index in [1.807, 2.05) is 0 Å². The molecule has 0 aromatic heterocycles. The van der Waals surface area contributed by atoms with Crippen LogP contribution in [-0.4, -0.2) is 29.1 Å². The monoisotopic (exact) mass is 420 g/mol. The first kappa shape index (κ1) is 18.3. The Balaban J connectivity index is 1.97. The molecule has 1 N–H and O–H groups in total. The first-order valence-corrected chi connectivity index (χ1v) is 11.1. The van der Waals surface area contributed by atoms with Crippen LogP contribution >= 0.6 is 23.2 Å². The van der Waals surface area contributed by atoms with E-state index in [9.17, 15) is 16.8 Å². The maximum Gasteiger partial charge on any atom is 0.263 e. The van der Waals surface area contributed by atoms with E-state index in [2.05, 4.69) is 4.72 Å². The predicted octanol–water partition coefficient (Wildman–Crippen LogP) is 3.33. The summed E-state index contributed by atoms with van der Waals surface area (Å²) in [6, 6.07) is 10.4. The first-order chi connectivity index (χ1) is 11.7. The van der Waals surface area contributed by atoms with E-state index >= 15 is 0 Å². The van der Waals surface area contributed by atoms with Gasteiger partial charge in [0.05, 0.1) is 27.2 Å². The summed E-state index contributed by atoms with van der Waals surface area (Å²) in [5, 5.41) is 0.317. The Bertz CT molecular complexity index is 1020. The highest BCUT2D eigenvalue weighted by molar-refractivity contribution is 7.93. The zero-order valence-electron chi connectivity index (χ0n) is 12.8. The lowest BCUT2D eigenvalue weighted by molar-refractivity contribution is 0.598. The van der Waals surface area contributed by atoms with Crippen LogP contribution in [0.2, 0.25) is 10.0 Å². The molecule has 3 rings (SSSR count). The molecule has 134 valence electrons. The van der Waals surface area contributed by atoms with E-state index in [0.717, 1.165) is 0 Å². The molecule has 1 aliphatic rings. The van der Waals surface area contributed by atoms with Crippen molar-refractivity contribution in [3.8, 4) is 0 Å². The third kappa shape index (κ3) is 3.72. The van der Waals surface area contributed by atoms with Crippen LogP contribution in [0.3, 0.4) is 0 Å². The van der Waals surface area contributed by atoms with Gasteiger partial charge < -0.3 is 0 Å². The van der Waals surface area contributed by atoms with Crippen LogP contribution in [0.15, 0.2) is 47.4 Å². The predicted molar refractivity (Wildman–Crippen MR) is 99.5 cm³/mol. The molecule has 1 saturated heterocycles. The number of rotatable bonds is 4. The number of nitrogens with zero attached hydrogens (tertiary/aromatic N) is 1. The Hall–Kier alpha value is -1.48. The molecule has 10 heteroatoms. The zero-order chi connectivity index (χ0) is 18.2. The summed E-state index contributed by atoms with van der Waals surface area (Å²) >= 11 is 12.1. The lowest BCUT2D eigenvalue weighted by atomic mass is 10.3. The number of benzene rings is 2. The van der Waals surface area contributed by atoms with Gasteiger partial charge in [0.1, 0.15) is 4.90 Å². The van der Waals surface area contributed by atoms with Gasteiger partial charge in [0.15, 0.2) is 0 Å². The molecular weight excluding hydrogens is 407 g/mol. The van der Waals surface area contributed by atoms with Gasteiger partial charge in [-0.25, -0.2) is 16.8 Å². The average Bonchev–Trinajstić information content (AvgIpc) is 2.88. The Morgan fingerprint density at radius 3 is 2.40 bits per heavy atom. The lowest BCUT2D eigenvalue weighted by Crippen LogP contribution is -2.25. The molecule has 0 radical (unpaired) electrons. The van der Waals surface area contributed by atoms with Crippen molar-refractivity contribution in [2.24, 2.45) is 0 Å². The van der Waals surface area contributed by atoms with Gasteiger partial charge in [-0.2, -0.15) is 0 Å². The third-order valence-corrected chi connectivity index (χ3v) is 7.75. The van der Waals surface area contributed by atoms with Crippen molar-refractivity contribution >= 4 is 54.6 Å². The van der Waals surface area contributed by atoms with Crippen LogP contribution in [0, 0.1) is 0 Å². The SMILES string of the molecule is O=S(=O)(Nc1ccc(Cl)c(N2CCCS2(=O)=O)c1)c1ccccc1Cl. The minimum absolute atomic E-state index is 0.0406. The number of nitrogens with one attached hydrogen (secondary N) is 1. The molecule has 0 spiro atoms. The van der Waals surface area contributed by atoms with Crippen molar-refractivity contribution in [2.45, 2.75) is 11.3 Å². The topological polar surface area (TPSA) is 83.6 Å². The molecule has 1 fully saturated rings. The molecule has 0 unspecified atom stereocenters. The van der Waals surface area contributed by atoms with Crippen LogP contribution in [0.25, 0.3) is 0 Å². The third-order valence-electron chi connectivity index (χ3n) is 3.69. The summed E-state index contributed by atoms with van der Waals surface area (Å²) in [4.78, 5) is -0.0676. The fraction of sp³-hybridized carbons (Fsp3) is 0.200. The molecule has 1 heterocycles. The molecule has 0 bridgehead atoms. The quantitative estimate of drug-likeness (QED) is 0.821. The molecule has 0 aliphatic carbocycles. The lowest BCUT2D eigenvalue weighted by Gasteiger charge is -2.19. The average molecular weight is 421 g/mol. The Labute approximate surface area is 156 Å². The smallest absolute Gasteiger partial charge is 0.263 e. The Kier molecular flexibility index (Phi) is 4.89. The molecule has 0 amide bonds. The van der Waals surface area contributed by atoms with Crippen LogP contribution in [0.1, 0.15) is 6.42 Å². The van der Waals surface area contributed by atoms with Crippen molar-refractivity contribution in [1.82, 2.24) is 0 Å². The maximum atomic E-state index is 12.5. The number of halogens is 2. The highest BCUT2D eigenvalue weighted by atomic mass is 35.5. The molecule has 1 aliphatic heterocycles. The highest BCUT2D eigenvalue weighted by Crippen LogP contribution is 2.34. The second-order valence-electron chi connectivity index (χ2n) is 5.44. The van der Waals surface area contributed by atoms with Gasteiger partial charge in [-0.15, -0.1) is 0 Å². The second-order valence-corrected chi connectivity index (χ2v) is 9.92. The molecular formula is C15H14Cl2N2O4S2. The van der Waals surface area contributed by atoms with Gasteiger partial charge in [0.2, 0.25) is 10.0 Å². The van der Waals surface area contributed by atoms with Crippen LogP contribution < -0.4 is 9.03 Å². The van der Waals surface area contributed by atoms with E-state index in [1.165, 1.54) is 34.6 Å². The maximum absolute atomic E-state index is 12.5. The van der Waals surface area contributed by atoms with Gasteiger partial charge in [-0.05, 0) is 36.8 Å². The Morgan fingerprint density at radius 2 is 1.76 bits per heavy atom. The summed E-state index contributed by atoms with van der Waals surface area (Å²) in [5.74, 6) is 0.0406. The first-order valence-electron chi connectivity index (χ1n) is 7.28. The molecule has 25 heavy (non-hydrogen) atoms. The summed E-state index contributed by atoms with van der Waals surface area (Å²) in [5.41, 5.74) is 0.444. The molecule has 2 aromatic rings. The van der Waals surface area contributed by atoms with Crippen LogP contribution in [0.4, 0.5) is 11.4 Å². The molecule has 6 nitrogen and oxygen atoms in total. The summed E-state index contributed by atoms with van der Waals surface area (Å²) in [6.45, 7) is 0.308. The standard InChI is InChI=1S/C15H14Cl2N2O4S2/c16-12-7-6-11(10-14(12)19-8-3-9-24(19,20)21)18-25(22,23)15-5-2-1-4-13(15)17/h1-2,4-7,10,18H,3,8-9H2. The minimum atomic E-state index is -3.92. The normalized spacial score (nSPS) is 16.8. The molecule has 0 atom stereocenters. The van der Waals surface area contributed by atoms with Crippen LogP contribution in [-0.2, 0) is 20.0 Å². The fourth-order valence-corrected chi connectivity index (χ4v) is 5.96. The Morgan fingerprint density at radius 1 is 1.04 bits per heavy atom. The van der Waals surface area contributed by atoms with Crippen molar-refractivity contribution in [3.63, 3.8) is 0 Å². The van der Waals surface area contributed by atoms with Crippen molar-refractivity contribution in [1.29, 1.82) is 0 Å². The van der Waals surface area contributed by atoms with E-state index in [4.69, 9.17) is 23.2 Å². The van der Waals surface area contributed by atoms with Gasteiger partial charge in [0.25, 0.3) is 10.0 Å². The highest BCUT2D eigenvalue weighted by Gasteiger charge is 2.30. The largest absolute Gasteiger partial charge is 0.280 e.